The van der Waals surface area contributed by atoms with Crippen LogP contribution in [0.5, 0.6) is 5.75 Å². The van der Waals surface area contributed by atoms with Gasteiger partial charge in [0, 0.05) is 12.0 Å². The van der Waals surface area contributed by atoms with Crippen LogP contribution in [0.4, 0.5) is 0 Å². The van der Waals surface area contributed by atoms with Crippen molar-refractivity contribution in [2.75, 3.05) is 0 Å². The first-order valence-corrected chi connectivity index (χ1v) is 7.99. The molecule has 0 heterocycles. The number of ketones is 2. The Kier molecular flexibility index (Phi) is 6.06. The summed E-state index contributed by atoms with van der Waals surface area (Å²) >= 11 is 0. The molecule has 2 aromatic rings. The van der Waals surface area contributed by atoms with Crippen molar-refractivity contribution in [1.82, 2.24) is 0 Å². The molecular weight excluding hydrogens is 320 g/mol. The summed E-state index contributed by atoms with van der Waals surface area (Å²) in [6, 6.07) is 15.3. The average Bonchev–Trinajstić information content (AvgIpc) is 2.57. The molecule has 0 saturated heterocycles. The molecule has 25 heavy (non-hydrogen) atoms. The highest BCUT2D eigenvalue weighted by atomic mass is 16.5. The Bertz CT molecular complexity index is 778. The van der Waals surface area contributed by atoms with Crippen LogP contribution < -0.4 is 4.74 Å². The van der Waals surface area contributed by atoms with Gasteiger partial charge in [0.15, 0.2) is 0 Å². The number of carbonyl (C=O) groups excluding carboxylic acids is 2. The zero-order chi connectivity index (χ0) is 18.4. The Hall–Kier alpha value is -2.95. The van der Waals surface area contributed by atoms with Crippen molar-refractivity contribution in [2.45, 2.75) is 32.8 Å². The normalized spacial score (nSPS) is 10.5. The van der Waals surface area contributed by atoms with Gasteiger partial charge in [-0.05, 0) is 37.5 Å². The Morgan fingerprint density at radius 3 is 2.28 bits per heavy atom. The minimum Gasteiger partial charge on any atom is -0.491 e. The zero-order valence-electron chi connectivity index (χ0n) is 14.2. The second-order valence-electron chi connectivity index (χ2n) is 6.01. The lowest BCUT2D eigenvalue weighted by Gasteiger charge is -2.15. The zero-order valence-corrected chi connectivity index (χ0v) is 14.2. The predicted octanol–water partition coefficient (Wildman–Crippen LogP) is 2.83. The van der Waals surface area contributed by atoms with Gasteiger partial charge in [0.25, 0.3) is 0 Å². The van der Waals surface area contributed by atoms with Gasteiger partial charge in [-0.25, -0.2) is 4.79 Å². The molecule has 0 aromatic heterocycles. The summed E-state index contributed by atoms with van der Waals surface area (Å²) in [4.78, 5) is 33.9. The third-order valence-electron chi connectivity index (χ3n) is 3.54. The van der Waals surface area contributed by atoms with Gasteiger partial charge >= 0.3 is 11.8 Å². The van der Waals surface area contributed by atoms with Gasteiger partial charge in [0.05, 0.1) is 6.10 Å². The summed E-state index contributed by atoms with van der Waals surface area (Å²) in [5.41, 5.74) is 2.58. The number of carbonyl (C=O) groups is 3. The van der Waals surface area contributed by atoms with E-state index in [2.05, 4.69) is 0 Å². The third-order valence-corrected chi connectivity index (χ3v) is 3.54. The lowest BCUT2D eigenvalue weighted by atomic mass is 9.99. The van der Waals surface area contributed by atoms with Gasteiger partial charge in [-0.15, -0.1) is 0 Å². The van der Waals surface area contributed by atoms with E-state index in [0.717, 1.165) is 11.1 Å². The second-order valence-corrected chi connectivity index (χ2v) is 6.01. The lowest BCUT2D eigenvalue weighted by molar-refractivity contribution is -0.152. The van der Waals surface area contributed by atoms with Crippen LogP contribution in [0.25, 0.3) is 0 Å². The van der Waals surface area contributed by atoms with Gasteiger partial charge < -0.3 is 9.84 Å². The number of ether oxygens (including phenoxy) is 1. The van der Waals surface area contributed by atoms with Crippen molar-refractivity contribution in [3.63, 3.8) is 0 Å². The average molecular weight is 340 g/mol. The molecule has 0 aliphatic heterocycles. The summed E-state index contributed by atoms with van der Waals surface area (Å²) in [6.45, 7) is 3.71. The standard InChI is InChI=1S/C20H20O5/c1-13(2)25-18-9-8-15(10-14-6-4-3-5-7-14)11-16(18)12-17(21)19(22)20(23)24/h3-9,11,13H,10,12H2,1-2H3,(H,23,24). The van der Waals surface area contributed by atoms with E-state index in [1.165, 1.54) is 0 Å². The molecule has 0 atom stereocenters. The van der Waals surface area contributed by atoms with Gasteiger partial charge in [-0.2, -0.15) is 0 Å². The third kappa shape index (κ3) is 5.28. The summed E-state index contributed by atoms with van der Waals surface area (Å²) in [6.07, 6.45) is 0.260. The highest BCUT2D eigenvalue weighted by Crippen LogP contribution is 2.24. The van der Waals surface area contributed by atoms with Crippen LogP contribution in [-0.4, -0.2) is 28.7 Å². The molecule has 0 fully saturated rings. The minimum absolute atomic E-state index is 0.107. The van der Waals surface area contributed by atoms with Gasteiger partial charge in [0.1, 0.15) is 5.75 Å². The molecule has 130 valence electrons. The highest BCUT2D eigenvalue weighted by molar-refractivity contribution is 6.61. The minimum atomic E-state index is -1.74. The monoisotopic (exact) mass is 340 g/mol. The maximum absolute atomic E-state index is 11.9. The number of carboxylic acids is 1. The number of hydrogen-bond donors (Lipinski definition) is 1. The number of aliphatic carboxylic acids is 1. The van der Waals surface area contributed by atoms with Crippen LogP contribution in [0, 0.1) is 0 Å². The topological polar surface area (TPSA) is 80.7 Å². The molecular formula is C20H20O5. The maximum atomic E-state index is 11.9. The first kappa shape index (κ1) is 18.4. The molecule has 5 nitrogen and oxygen atoms in total. The molecule has 1 N–H and O–H groups in total. The predicted molar refractivity (Wildman–Crippen MR) is 92.8 cm³/mol. The van der Waals surface area contributed by atoms with Crippen LogP contribution in [-0.2, 0) is 27.2 Å². The van der Waals surface area contributed by atoms with E-state index in [1.807, 2.05) is 50.2 Å². The van der Waals surface area contributed by atoms with Crippen LogP contribution in [0.3, 0.4) is 0 Å². The molecule has 2 aromatic carbocycles. The second kappa shape index (κ2) is 8.24. The van der Waals surface area contributed by atoms with E-state index >= 15 is 0 Å². The molecule has 0 aliphatic rings. The van der Waals surface area contributed by atoms with E-state index in [0.29, 0.717) is 17.7 Å². The van der Waals surface area contributed by atoms with Gasteiger partial charge in [0.2, 0.25) is 5.78 Å². The number of carboxylic acid groups (broad SMARTS) is 1. The van der Waals surface area contributed by atoms with E-state index in [1.54, 1.807) is 12.1 Å². The smallest absolute Gasteiger partial charge is 0.380 e. The van der Waals surface area contributed by atoms with Crippen molar-refractivity contribution in [1.29, 1.82) is 0 Å². The van der Waals surface area contributed by atoms with Crippen LogP contribution in [0.1, 0.15) is 30.5 Å². The van der Waals surface area contributed by atoms with Crippen LogP contribution in [0.15, 0.2) is 48.5 Å². The van der Waals surface area contributed by atoms with E-state index in [-0.39, 0.29) is 12.5 Å². The van der Waals surface area contributed by atoms with Crippen molar-refractivity contribution in [2.24, 2.45) is 0 Å². The maximum Gasteiger partial charge on any atom is 0.380 e. The number of hydrogen-bond acceptors (Lipinski definition) is 4. The molecule has 0 bridgehead atoms. The van der Waals surface area contributed by atoms with Gasteiger partial charge in [-0.1, -0.05) is 42.5 Å². The molecule has 5 heteroatoms. The van der Waals surface area contributed by atoms with E-state index < -0.39 is 17.5 Å². The van der Waals surface area contributed by atoms with E-state index in [9.17, 15) is 14.4 Å². The molecule has 0 unspecified atom stereocenters. The fourth-order valence-electron chi connectivity index (χ4n) is 2.45. The van der Waals surface area contributed by atoms with Crippen molar-refractivity contribution >= 4 is 17.5 Å². The number of Topliss-reactive ketones (excluding diaryl/α,β-unsaturated/α-hetero) is 2. The van der Waals surface area contributed by atoms with Crippen LogP contribution in [0.2, 0.25) is 0 Å². The van der Waals surface area contributed by atoms with Crippen molar-refractivity contribution < 1.29 is 24.2 Å². The van der Waals surface area contributed by atoms with Crippen molar-refractivity contribution in [3.05, 3.63) is 65.2 Å². The Balaban J connectivity index is 2.29. The number of benzene rings is 2. The summed E-state index contributed by atoms with van der Waals surface area (Å²) in [5, 5.41) is 8.69. The molecule has 0 aliphatic carbocycles. The Morgan fingerprint density at radius 1 is 1.00 bits per heavy atom. The summed E-state index contributed by atoms with van der Waals surface area (Å²) in [5.74, 6) is -3.63. The molecule has 2 rings (SSSR count). The van der Waals surface area contributed by atoms with Crippen LogP contribution >= 0.6 is 0 Å². The molecule has 0 radical (unpaired) electrons. The summed E-state index contributed by atoms with van der Waals surface area (Å²) in [7, 11) is 0. The lowest BCUT2D eigenvalue weighted by Crippen LogP contribution is -2.25. The molecule has 0 spiro atoms. The largest absolute Gasteiger partial charge is 0.491 e. The first-order valence-electron chi connectivity index (χ1n) is 7.99. The molecule has 0 amide bonds. The molecule has 0 saturated carbocycles. The SMILES string of the molecule is CC(C)Oc1ccc(Cc2ccccc2)cc1CC(=O)C(=O)C(=O)O. The fraction of sp³-hybridized carbons (Fsp3) is 0.250. The first-order chi connectivity index (χ1) is 11.9. The Labute approximate surface area is 146 Å². The highest BCUT2D eigenvalue weighted by Gasteiger charge is 2.23. The fourth-order valence-corrected chi connectivity index (χ4v) is 2.45. The summed E-state index contributed by atoms with van der Waals surface area (Å²) < 4.78 is 5.68. The Morgan fingerprint density at radius 2 is 1.68 bits per heavy atom. The van der Waals surface area contributed by atoms with Crippen molar-refractivity contribution in [3.8, 4) is 5.75 Å². The van der Waals surface area contributed by atoms with Gasteiger partial charge in [-0.3, -0.25) is 9.59 Å². The number of rotatable bonds is 8. The quantitative estimate of drug-likeness (QED) is 0.590. The van der Waals surface area contributed by atoms with E-state index in [4.69, 9.17) is 9.84 Å².